The zero-order valence-corrected chi connectivity index (χ0v) is 13.2. The Bertz CT molecular complexity index is 588. The number of hydrogen-bond acceptors (Lipinski definition) is 5. The van der Waals surface area contributed by atoms with Crippen LogP contribution < -0.4 is 16.0 Å². The number of benzene rings is 1. The van der Waals surface area contributed by atoms with E-state index in [1.54, 1.807) is 0 Å². The number of nitrogens with one attached hydrogen (secondary N) is 2. The number of anilines is 2. The highest BCUT2D eigenvalue weighted by molar-refractivity contribution is 6.30. The Kier molecular flexibility index (Phi) is 4.80. The number of H-pyrrole nitrogens is 1. The first kappa shape index (κ1) is 15.1. The monoisotopic (exact) mass is 320 g/mol. The van der Waals surface area contributed by atoms with Gasteiger partial charge in [0.1, 0.15) is 0 Å². The number of halogens is 1. The van der Waals surface area contributed by atoms with E-state index in [4.69, 9.17) is 17.3 Å². The van der Waals surface area contributed by atoms with Crippen LogP contribution in [0.4, 0.5) is 11.9 Å². The Morgan fingerprint density at radius 1 is 1.27 bits per heavy atom. The minimum atomic E-state index is 0.377. The molecule has 1 aromatic carbocycles. The van der Waals surface area contributed by atoms with E-state index in [2.05, 4.69) is 37.5 Å². The van der Waals surface area contributed by atoms with Gasteiger partial charge in [0.15, 0.2) is 0 Å². The van der Waals surface area contributed by atoms with Gasteiger partial charge in [0.2, 0.25) is 11.9 Å². The molecule has 1 aromatic heterocycles. The van der Waals surface area contributed by atoms with Gasteiger partial charge < -0.3 is 16.0 Å². The van der Waals surface area contributed by atoms with Crippen molar-refractivity contribution in [1.29, 1.82) is 0 Å². The molecule has 3 rings (SSSR count). The summed E-state index contributed by atoms with van der Waals surface area (Å²) >= 11 is 5.89. The van der Waals surface area contributed by atoms with Crippen molar-refractivity contribution < 1.29 is 0 Å². The molecule has 4 N–H and O–H groups in total. The van der Waals surface area contributed by atoms with E-state index in [0.717, 1.165) is 44.0 Å². The van der Waals surface area contributed by atoms with E-state index < -0.39 is 0 Å². The number of hydrogen-bond donors (Lipinski definition) is 3. The molecule has 2 aromatic rings. The highest BCUT2D eigenvalue weighted by Gasteiger charge is 2.21. The molecule has 0 radical (unpaired) electrons. The minimum Gasteiger partial charge on any atom is -0.368 e. The number of aromatic nitrogens is 3. The third-order valence-electron chi connectivity index (χ3n) is 4.06. The summed E-state index contributed by atoms with van der Waals surface area (Å²) in [5, 5.41) is 11.1. The van der Waals surface area contributed by atoms with Crippen LogP contribution in [0, 0.1) is 5.92 Å². The Morgan fingerprint density at radius 2 is 2.00 bits per heavy atom. The lowest BCUT2D eigenvalue weighted by atomic mass is 9.97. The minimum absolute atomic E-state index is 0.377. The number of nitrogens with two attached hydrogens (primary N) is 1. The van der Waals surface area contributed by atoms with Crippen LogP contribution in [0.25, 0.3) is 0 Å². The molecule has 1 saturated heterocycles. The molecule has 2 heterocycles. The van der Waals surface area contributed by atoms with Crippen molar-refractivity contribution in [3.63, 3.8) is 0 Å². The maximum absolute atomic E-state index is 5.89. The molecule has 6 nitrogen and oxygen atoms in total. The molecule has 0 bridgehead atoms. The zero-order valence-electron chi connectivity index (χ0n) is 12.4. The van der Waals surface area contributed by atoms with Crippen LogP contribution in [-0.4, -0.2) is 34.8 Å². The largest absolute Gasteiger partial charge is 0.368 e. The molecule has 7 heteroatoms. The average molecular weight is 321 g/mol. The SMILES string of the molecule is Nc1nc(N2CCC(CNCc3ccc(Cl)cc3)CC2)n[nH]1. The predicted molar refractivity (Wildman–Crippen MR) is 88.9 cm³/mol. The summed E-state index contributed by atoms with van der Waals surface area (Å²) in [5.74, 6) is 1.78. The smallest absolute Gasteiger partial charge is 0.246 e. The Hall–Kier alpha value is -1.79. The van der Waals surface area contributed by atoms with Crippen molar-refractivity contribution in [2.45, 2.75) is 19.4 Å². The highest BCUT2D eigenvalue weighted by Crippen LogP contribution is 2.20. The molecule has 0 aliphatic carbocycles. The zero-order chi connectivity index (χ0) is 15.4. The molecule has 0 amide bonds. The third kappa shape index (κ3) is 3.90. The van der Waals surface area contributed by atoms with Gasteiger partial charge in [0.25, 0.3) is 0 Å². The van der Waals surface area contributed by atoms with Crippen molar-refractivity contribution in [2.24, 2.45) is 5.92 Å². The van der Waals surface area contributed by atoms with Crippen molar-refractivity contribution in [3.05, 3.63) is 34.9 Å². The number of rotatable bonds is 5. The fraction of sp³-hybridized carbons (Fsp3) is 0.467. The Labute approximate surface area is 135 Å². The first-order valence-corrected chi connectivity index (χ1v) is 7.96. The molecule has 1 fully saturated rings. The van der Waals surface area contributed by atoms with Crippen molar-refractivity contribution >= 4 is 23.5 Å². The summed E-state index contributed by atoms with van der Waals surface area (Å²) in [5.41, 5.74) is 6.83. The number of nitrogen functional groups attached to an aromatic ring is 1. The highest BCUT2D eigenvalue weighted by atomic mass is 35.5. The van der Waals surface area contributed by atoms with E-state index in [-0.39, 0.29) is 0 Å². The summed E-state index contributed by atoms with van der Waals surface area (Å²) in [6, 6.07) is 7.98. The van der Waals surface area contributed by atoms with Gasteiger partial charge in [-0.25, -0.2) is 5.10 Å². The van der Waals surface area contributed by atoms with Gasteiger partial charge in [0, 0.05) is 24.7 Å². The fourth-order valence-corrected chi connectivity index (χ4v) is 2.89. The number of piperidine rings is 1. The van der Waals surface area contributed by atoms with Crippen molar-refractivity contribution in [3.8, 4) is 0 Å². The molecule has 22 heavy (non-hydrogen) atoms. The fourth-order valence-electron chi connectivity index (χ4n) is 2.77. The second-order valence-corrected chi connectivity index (χ2v) is 6.14. The molecular formula is C15H21ClN6. The molecule has 0 unspecified atom stereocenters. The van der Waals surface area contributed by atoms with Gasteiger partial charge in [-0.2, -0.15) is 4.98 Å². The van der Waals surface area contributed by atoms with Crippen LogP contribution in [0.5, 0.6) is 0 Å². The van der Waals surface area contributed by atoms with Crippen LogP contribution in [-0.2, 0) is 6.54 Å². The lowest BCUT2D eigenvalue weighted by Gasteiger charge is -2.31. The first-order chi connectivity index (χ1) is 10.7. The molecule has 0 saturated carbocycles. The quantitative estimate of drug-likeness (QED) is 0.785. The Balaban J connectivity index is 1.39. The summed E-state index contributed by atoms with van der Waals surface area (Å²) < 4.78 is 0. The van der Waals surface area contributed by atoms with Gasteiger partial charge in [0.05, 0.1) is 0 Å². The molecule has 118 valence electrons. The summed E-state index contributed by atoms with van der Waals surface area (Å²) in [6.45, 7) is 3.87. The van der Waals surface area contributed by atoms with Gasteiger partial charge in [-0.05, 0) is 43.0 Å². The van der Waals surface area contributed by atoms with E-state index in [0.29, 0.717) is 17.8 Å². The standard InChI is InChI=1S/C15H21ClN6/c16-13-3-1-11(2-4-13)9-18-10-12-5-7-22(8-6-12)15-19-14(17)20-21-15/h1-4,12,18H,5-10H2,(H3,17,19,20,21). The van der Waals surface area contributed by atoms with Gasteiger partial charge in [-0.1, -0.05) is 23.7 Å². The summed E-state index contributed by atoms with van der Waals surface area (Å²) in [7, 11) is 0. The van der Waals surface area contributed by atoms with Gasteiger partial charge in [-0.3, -0.25) is 0 Å². The van der Waals surface area contributed by atoms with Gasteiger partial charge in [-0.15, -0.1) is 5.10 Å². The van der Waals surface area contributed by atoms with E-state index in [1.165, 1.54) is 5.56 Å². The lowest BCUT2D eigenvalue weighted by molar-refractivity contribution is 0.380. The lowest BCUT2D eigenvalue weighted by Crippen LogP contribution is -2.37. The number of aromatic amines is 1. The van der Waals surface area contributed by atoms with E-state index in [9.17, 15) is 0 Å². The normalized spacial score (nSPS) is 16.1. The van der Waals surface area contributed by atoms with Gasteiger partial charge >= 0.3 is 0 Å². The molecule has 0 atom stereocenters. The van der Waals surface area contributed by atoms with Crippen LogP contribution in [0.3, 0.4) is 0 Å². The van der Waals surface area contributed by atoms with Crippen LogP contribution in [0.1, 0.15) is 18.4 Å². The van der Waals surface area contributed by atoms with E-state index in [1.807, 2.05) is 12.1 Å². The summed E-state index contributed by atoms with van der Waals surface area (Å²) in [6.07, 6.45) is 2.28. The molecule has 0 spiro atoms. The second-order valence-electron chi connectivity index (χ2n) is 5.71. The van der Waals surface area contributed by atoms with Crippen LogP contribution in [0.15, 0.2) is 24.3 Å². The van der Waals surface area contributed by atoms with Crippen molar-refractivity contribution in [2.75, 3.05) is 30.3 Å². The maximum atomic E-state index is 5.89. The first-order valence-electron chi connectivity index (χ1n) is 7.58. The average Bonchev–Trinajstić information content (AvgIpc) is 2.97. The molecule has 1 aliphatic rings. The topological polar surface area (TPSA) is 82.9 Å². The predicted octanol–water partition coefficient (Wildman–Crippen LogP) is 2.05. The van der Waals surface area contributed by atoms with E-state index >= 15 is 0 Å². The molecule has 1 aliphatic heterocycles. The Morgan fingerprint density at radius 3 is 2.64 bits per heavy atom. The third-order valence-corrected chi connectivity index (χ3v) is 4.32. The number of nitrogens with zero attached hydrogens (tertiary/aromatic N) is 3. The second kappa shape index (κ2) is 6.98. The molecular weight excluding hydrogens is 300 g/mol. The van der Waals surface area contributed by atoms with Crippen LogP contribution >= 0.6 is 11.6 Å². The maximum Gasteiger partial charge on any atom is 0.246 e. The van der Waals surface area contributed by atoms with Crippen molar-refractivity contribution in [1.82, 2.24) is 20.5 Å². The van der Waals surface area contributed by atoms with Crippen LogP contribution in [0.2, 0.25) is 5.02 Å². The summed E-state index contributed by atoms with van der Waals surface area (Å²) in [4.78, 5) is 6.36.